The molecule has 6 nitrogen and oxygen atoms in total. The summed E-state index contributed by atoms with van der Waals surface area (Å²) in [5, 5.41) is 3.76. The molecule has 0 unspecified atom stereocenters. The molecule has 0 fully saturated rings. The molecule has 6 heteroatoms. The molecule has 22 heavy (non-hydrogen) atoms. The molecule has 0 amide bonds. The molecular formula is C16H11N3O3. The van der Waals surface area contributed by atoms with Gasteiger partial charge in [0.1, 0.15) is 6.20 Å². The number of carbonyl (C=O) groups is 1. The number of rotatable bonds is 3. The van der Waals surface area contributed by atoms with Crippen molar-refractivity contribution < 1.29 is 4.79 Å². The molecule has 3 aromatic rings. The Balaban J connectivity index is 1.95. The molecule has 0 aliphatic rings. The van der Waals surface area contributed by atoms with E-state index in [1.165, 1.54) is 0 Å². The van der Waals surface area contributed by atoms with Crippen LogP contribution in [0.3, 0.4) is 0 Å². The zero-order valence-electron chi connectivity index (χ0n) is 11.4. The lowest BCUT2D eigenvalue weighted by Gasteiger charge is -2.05. The van der Waals surface area contributed by atoms with Gasteiger partial charge >= 0.3 is 5.69 Å². The summed E-state index contributed by atoms with van der Waals surface area (Å²) in [5.74, 6) is -0.103. The molecule has 0 spiro atoms. The van der Waals surface area contributed by atoms with Crippen molar-refractivity contribution in [1.82, 2.24) is 14.8 Å². The maximum atomic E-state index is 12.3. The second-order valence-corrected chi connectivity index (χ2v) is 4.59. The number of carbonyl (C=O) groups excluding carboxylic acids is 1. The van der Waals surface area contributed by atoms with Crippen LogP contribution in [0.4, 0.5) is 0 Å². The molecule has 0 saturated carbocycles. The number of aromatic amines is 1. The van der Waals surface area contributed by atoms with Crippen LogP contribution < -0.4 is 11.2 Å². The minimum Gasteiger partial charge on any atom is -0.289 e. The van der Waals surface area contributed by atoms with Gasteiger partial charge in [0.2, 0.25) is 0 Å². The standard InChI is InChI=1S/C16H11N3O3/c20-14-10-17-19(16(22)18-14)13-8-6-12(7-9-13)15(21)11-4-2-1-3-5-11/h1-10H,(H,18,20,22). The number of aromatic nitrogens is 3. The van der Waals surface area contributed by atoms with Gasteiger partial charge in [-0.15, -0.1) is 0 Å². The first kappa shape index (κ1) is 13.7. The predicted molar refractivity (Wildman–Crippen MR) is 80.3 cm³/mol. The van der Waals surface area contributed by atoms with Crippen LogP contribution in [-0.4, -0.2) is 20.5 Å². The molecule has 3 rings (SSSR count). The third-order valence-electron chi connectivity index (χ3n) is 3.12. The topological polar surface area (TPSA) is 84.8 Å². The minimum absolute atomic E-state index is 0.103. The van der Waals surface area contributed by atoms with Crippen LogP contribution >= 0.6 is 0 Å². The summed E-state index contributed by atoms with van der Waals surface area (Å²) < 4.78 is 1.05. The molecule has 1 N–H and O–H groups in total. The highest BCUT2D eigenvalue weighted by atomic mass is 16.2. The Morgan fingerprint density at radius 3 is 2.18 bits per heavy atom. The maximum absolute atomic E-state index is 12.3. The van der Waals surface area contributed by atoms with E-state index in [0.717, 1.165) is 10.9 Å². The van der Waals surface area contributed by atoms with Gasteiger partial charge in [0.05, 0.1) is 5.69 Å². The number of benzene rings is 2. The molecule has 2 aromatic carbocycles. The average Bonchev–Trinajstić information content (AvgIpc) is 2.55. The van der Waals surface area contributed by atoms with Crippen LogP contribution in [0.1, 0.15) is 15.9 Å². The maximum Gasteiger partial charge on any atom is 0.349 e. The Hall–Kier alpha value is -3.28. The predicted octanol–water partition coefficient (Wildman–Crippen LogP) is 1.15. The van der Waals surface area contributed by atoms with Crippen molar-refractivity contribution in [3.05, 3.63) is 92.8 Å². The van der Waals surface area contributed by atoms with Crippen LogP contribution in [0, 0.1) is 0 Å². The number of hydrogen-bond donors (Lipinski definition) is 1. The van der Waals surface area contributed by atoms with Gasteiger partial charge in [-0.05, 0) is 24.3 Å². The largest absolute Gasteiger partial charge is 0.349 e. The van der Waals surface area contributed by atoms with E-state index in [1.54, 1.807) is 48.5 Å². The molecule has 0 bridgehead atoms. The fourth-order valence-corrected chi connectivity index (χ4v) is 2.05. The third kappa shape index (κ3) is 2.62. The highest BCUT2D eigenvalue weighted by Crippen LogP contribution is 2.12. The Morgan fingerprint density at radius 2 is 1.55 bits per heavy atom. The van der Waals surface area contributed by atoms with Crippen molar-refractivity contribution in [3.63, 3.8) is 0 Å². The monoisotopic (exact) mass is 293 g/mol. The number of hydrogen-bond acceptors (Lipinski definition) is 4. The van der Waals surface area contributed by atoms with Crippen LogP contribution in [-0.2, 0) is 0 Å². The van der Waals surface area contributed by atoms with E-state index >= 15 is 0 Å². The van der Waals surface area contributed by atoms with Crippen LogP contribution in [0.15, 0.2) is 70.4 Å². The van der Waals surface area contributed by atoms with Gasteiger partial charge in [0.25, 0.3) is 5.56 Å². The third-order valence-corrected chi connectivity index (χ3v) is 3.12. The molecule has 1 aromatic heterocycles. The number of nitrogens with zero attached hydrogens (tertiary/aromatic N) is 2. The summed E-state index contributed by atoms with van der Waals surface area (Å²) in [7, 11) is 0. The van der Waals surface area contributed by atoms with Crippen LogP contribution in [0.25, 0.3) is 5.69 Å². The second-order valence-electron chi connectivity index (χ2n) is 4.59. The van der Waals surface area contributed by atoms with Crippen molar-refractivity contribution in [2.45, 2.75) is 0 Å². The second kappa shape index (κ2) is 5.61. The van der Waals surface area contributed by atoms with E-state index in [0.29, 0.717) is 16.8 Å². The van der Waals surface area contributed by atoms with Crippen LogP contribution in [0.5, 0.6) is 0 Å². The van der Waals surface area contributed by atoms with Gasteiger partial charge < -0.3 is 0 Å². The minimum atomic E-state index is -0.630. The summed E-state index contributed by atoms with van der Waals surface area (Å²) in [4.78, 5) is 37.1. The lowest BCUT2D eigenvalue weighted by molar-refractivity contribution is 0.103. The Kier molecular flexibility index (Phi) is 3.49. The summed E-state index contributed by atoms with van der Waals surface area (Å²) in [5.41, 5.74) is 0.375. The van der Waals surface area contributed by atoms with Crippen LogP contribution in [0.2, 0.25) is 0 Å². The van der Waals surface area contributed by atoms with Gasteiger partial charge in [0.15, 0.2) is 5.78 Å². The van der Waals surface area contributed by atoms with Crippen molar-refractivity contribution in [2.75, 3.05) is 0 Å². The fourth-order valence-electron chi connectivity index (χ4n) is 2.05. The van der Waals surface area contributed by atoms with E-state index < -0.39 is 11.2 Å². The van der Waals surface area contributed by atoms with Gasteiger partial charge in [-0.1, -0.05) is 30.3 Å². The molecule has 0 aliphatic heterocycles. The Morgan fingerprint density at radius 1 is 0.909 bits per heavy atom. The van der Waals surface area contributed by atoms with E-state index in [4.69, 9.17) is 0 Å². The summed E-state index contributed by atoms with van der Waals surface area (Å²) in [6, 6.07) is 15.3. The first-order valence-corrected chi connectivity index (χ1v) is 6.54. The molecule has 0 radical (unpaired) electrons. The highest BCUT2D eigenvalue weighted by molar-refractivity contribution is 6.09. The SMILES string of the molecule is O=C(c1ccccc1)c1ccc(-n2ncc(=O)[nH]c2=O)cc1. The van der Waals surface area contributed by atoms with E-state index in [1.807, 2.05) is 6.07 Å². The van der Waals surface area contributed by atoms with Crippen molar-refractivity contribution in [2.24, 2.45) is 0 Å². The van der Waals surface area contributed by atoms with E-state index in [2.05, 4.69) is 10.1 Å². The molecule has 1 heterocycles. The smallest absolute Gasteiger partial charge is 0.289 e. The fraction of sp³-hybridized carbons (Fsp3) is 0. The molecule has 0 atom stereocenters. The van der Waals surface area contributed by atoms with Gasteiger partial charge in [-0.2, -0.15) is 9.78 Å². The highest BCUT2D eigenvalue weighted by Gasteiger charge is 2.09. The van der Waals surface area contributed by atoms with Crippen molar-refractivity contribution in [3.8, 4) is 5.69 Å². The lowest BCUT2D eigenvalue weighted by atomic mass is 10.0. The summed E-state index contributed by atoms with van der Waals surface area (Å²) in [6.45, 7) is 0. The summed E-state index contributed by atoms with van der Waals surface area (Å²) in [6.07, 6.45) is 1.02. The first-order valence-electron chi connectivity index (χ1n) is 6.54. The normalized spacial score (nSPS) is 10.4. The Labute approximate surface area is 124 Å². The van der Waals surface area contributed by atoms with Gasteiger partial charge in [-0.3, -0.25) is 14.6 Å². The molecule has 0 saturated heterocycles. The van der Waals surface area contributed by atoms with Crippen molar-refractivity contribution in [1.29, 1.82) is 0 Å². The van der Waals surface area contributed by atoms with E-state index in [-0.39, 0.29) is 5.78 Å². The van der Waals surface area contributed by atoms with E-state index in [9.17, 15) is 14.4 Å². The average molecular weight is 293 g/mol. The lowest BCUT2D eigenvalue weighted by Crippen LogP contribution is -2.30. The quantitative estimate of drug-likeness (QED) is 0.734. The summed E-state index contributed by atoms with van der Waals surface area (Å²) >= 11 is 0. The number of H-pyrrole nitrogens is 1. The first-order chi connectivity index (χ1) is 10.6. The van der Waals surface area contributed by atoms with Crippen molar-refractivity contribution >= 4 is 5.78 Å². The molecule has 0 aliphatic carbocycles. The van der Waals surface area contributed by atoms with Gasteiger partial charge in [0, 0.05) is 11.1 Å². The number of nitrogens with one attached hydrogen (secondary N) is 1. The molecular weight excluding hydrogens is 282 g/mol. The zero-order chi connectivity index (χ0) is 15.5. The Bertz CT molecular complexity index is 925. The zero-order valence-corrected chi connectivity index (χ0v) is 11.4. The molecule has 108 valence electrons. The number of ketones is 1. The van der Waals surface area contributed by atoms with Gasteiger partial charge in [-0.25, -0.2) is 4.79 Å².